The monoisotopic (exact) mass is 392 g/mol. The molecule has 0 N–H and O–H groups in total. The normalized spacial score (nSPS) is 24.2. The van der Waals surface area contributed by atoms with Crippen molar-refractivity contribution in [2.24, 2.45) is 4.99 Å². The summed E-state index contributed by atoms with van der Waals surface area (Å²) in [7, 11) is -3.03. The molecule has 0 unspecified atom stereocenters. The molecule has 130 valence electrons. The molecule has 2 aliphatic rings. The number of nitrogens with zero attached hydrogens (tertiary/aromatic N) is 2. The molecule has 1 saturated heterocycles. The van der Waals surface area contributed by atoms with E-state index in [4.69, 9.17) is 16.6 Å². The number of fused-ring (bicyclic) bond motifs is 1. The number of sulfone groups is 1. The molecule has 0 bridgehead atoms. The molecule has 2 heterocycles. The van der Waals surface area contributed by atoms with Gasteiger partial charge in [-0.05, 0) is 29.8 Å². The van der Waals surface area contributed by atoms with E-state index in [2.05, 4.69) is 17.0 Å². The number of anilines is 1. The second kappa shape index (κ2) is 6.67. The molecule has 7 heteroatoms. The smallest absolute Gasteiger partial charge is 0.164 e. The van der Waals surface area contributed by atoms with Gasteiger partial charge in [-0.3, -0.25) is 4.99 Å². The first-order valence-electron chi connectivity index (χ1n) is 8.02. The lowest BCUT2D eigenvalue weighted by atomic mass is 10.1. The average Bonchev–Trinajstić information content (AvgIpc) is 3.06. The predicted molar refractivity (Wildman–Crippen MR) is 105 cm³/mol. The first kappa shape index (κ1) is 16.9. The van der Waals surface area contributed by atoms with Crippen molar-refractivity contribution in [3.63, 3.8) is 0 Å². The van der Waals surface area contributed by atoms with E-state index in [1.54, 1.807) is 11.8 Å². The SMILES string of the molecule is O=S1(=O)C[C@@H]2N=C(SCc3ccccc3)N(c3ccc(Cl)cc3)[C@H]2C1. The van der Waals surface area contributed by atoms with E-state index < -0.39 is 9.84 Å². The van der Waals surface area contributed by atoms with Gasteiger partial charge in [0.15, 0.2) is 15.0 Å². The zero-order valence-corrected chi connectivity index (χ0v) is 15.8. The van der Waals surface area contributed by atoms with Crippen LogP contribution in [-0.2, 0) is 15.6 Å². The molecule has 4 nitrogen and oxygen atoms in total. The van der Waals surface area contributed by atoms with Crippen LogP contribution < -0.4 is 4.90 Å². The standard InChI is InChI=1S/C18H17ClN2O2S2/c19-14-6-8-15(9-7-14)21-17-12-25(22,23)11-16(17)20-18(21)24-10-13-4-2-1-3-5-13/h1-9,16-17H,10-12H2/t16-,17-/m0/s1. The summed E-state index contributed by atoms with van der Waals surface area (Å²) >= 11 is 7.65. The van der Waals surface area contributed by atoms with E-state index in [9.17, 15) is 8.42 Å². The van der Waals surface area contributed by atoms with Crippen molar-refractivity contribution >= 4 is 44.1 Å². The van der Waals surface area contributed by atoms with Crippen LogP contribution in [0.5, 0.6) is 0 Å². The van der Waals surface area contributed by atoms with Gasteiger partial charge in [-0.25, -0.2) is 8.42 Å². The molecular formula is C18H17ClN2O2S2. The van der Waals surface area contributed by atoms with Gasteiger partial charge in [-0.1, -0.05) is 53.7 Å². The summed E-state index contributed by atoms with van der Waals surface area (Å²) in [6, 6.07) is 17.4. The zero-order valence-electron chi connectivity index (χ0n) is 13.4. The molecule has 0 aliphatic carbocycles. The Balaban J connectivity index is 1.62. The van der Waals surface area contributed by atoms with Crippen molar-refractivity contribution in [3.05, 3.63) is 65.2 Å². The van der Waals surface area contributed by atoms with Gasteiger partial charge in [0, 0.05) is 16.5 Å². The molecule has 2 aliphatic heterocycles. The van der Waals surface area contributed by atoms with E-state index in [0.717, 1.165) is 16.6 Å². The maximum atomic E-state index is 12.0. The first-order valence-corrected chi connectivity index (χ1v) is 11.2. The van der Waals surface area contributed by atoms with Gasteiger partial charge in [-0.2, -0.15) is 0 Å². The minimum Gasteiger partial charge on any atom is -0.315 e. The van der Waals surface area contributed by atoms with E-state index in [0.29, 0.717) is 5.02 Å². The number of benzene rings is 2. The molecule has 0 saturated carbocycles. The van der Waals surface area contributed by atoms with Crippen molar-refractivity contribution in [1.82, 2.24) is 0 Å². The molecule has 0 aromatic heterocycles. The van der Waals surface area contributed by atoms with E-state index >= 15 is 0 Å². The number of hydrogen-bond donors (Lipinski definition) is 0. The van der Waals surface area contributed by atoms with Gasteiger partial charge >= 0.3 is 0 Å². The highest BCUT2D eigenvalue weighted by atomic mass is 35.5. The summed E-state index contributed by atoms with van der Waals surface area (Å²) in [5.74, 6) is 1.09. The first-order chi connectivity index (χ1) is 12.0. The molecule has 0 spiro atoms. The Hall–Kier alpha value is -1.50. The van der Waals surface area contributed by atoms with Crippen LogP contribution in [0.3, 0.4) is 0 Å². The van der Waals surface area contributed by atoms with Crippen LogP contribution in [0, 0.1) is 0 Å². The Labute approximate surface area is 156 Å². The second-order valence-electron chi connectivity index (χ2n) is 6.24. The Bertz CT molecular complexity index is 898. The summed E-state index contributed by atoms with van der Waals surface area (Å²) in [5, 5.41) is 1.55. The lowest BCUT2D eigenvalue weighted by Crippen LogP contribution is -2.39. The van der Waals surface area contributed by atoms with Gasteiger partial charge in [0.2, 0.25) is 0 Å². The van der Waals surface area contributed by atoms with Crippen LogP contribution in [0.15, 0.2) is 59.6 Å². The maximum absolute atomic E-state index is 12.0. The lowest BCUT2D eigenvalue weighted by Gasteiger charge is -2.26. The Morgan fingerprint density at radius 2 is 1.80 bits per heavy atom. The topological polar surface area (TPSA) is 49.7 Å². The number of rotatable bonds is 3. The Kier molecular flexibility index (Phi) is 4.52. The van der Waals surface area contributed by atoms with Crippen molar-refractivity contribution in [3.8, 4) is 0 Å². The molecule has 2 aromatic rings. The highest BCUT2D eigenvalue weighted by Gasteiger charge is 2.47. The highest BCUT2D eigenvalue weighted by Crippen LogP contribution is 2.36. The van der Waals surface area contributed by atoms with E-state index in [1.165, 1.54) is 5.56 Å². The van der Waals surface area contributed by atoms with Crippen LogP contribution in [0.4, 0.5) is 5.69 Å². The number of thioether (sulfide) groups is 1. The third kappa shape index (κ3) is 3.57. The number of hydrogen-bond acceptors (Lipinski definition) is 5. The van der Waals surface area contributed by atoms with Crippen LogP contribution in [-0.4, -0.2) is 37.2 Å². The van der Waals surface area contributed by atoms with Crippen molar-refractivity contribution in [1.29, 1.82) is 0 Å². The fourth-order valence-electron chi connectivity index (χ4n) is 3.26. The molecule has 25 heavy (non-hydrogen) atoms. The second-order valence-corrected chi connectivity index (χ2v) is 9.78. The molecule has 0 radical (unpaired) electrons. The van der Waals surface area contributed by atoms with E-state index in [-0.39, 0.29) is 23.6 Å². The quantitative estimate of drug-likeness (QED) is 0.800. The van der Waals surface area contributed by atoms with E-state index in [1.807, 2.05) is 42.5 Å². The largest absolute Gasteiger partial charge is 0.315 e. The average molecular weight is 393 g/mol. The molecule has 4 rings (SSSR count). The third-order valence-electron chi connectivity index (χ3n) is 4.42. The molecule has 0 amide bonds. The van der Waals surface area contributed by atoms with Crippen LogP contribution in [0.25, 0.3) is 0 Å². The summed E-state index contributed by atoms with van der Waals surface area (Å²) in [6.45, 7) is 0. The summed E-state index contributed by atoms with van der Waals surface area (Å²) in [4.78, 5) is 6.80. The minimum atomic E-state index is -3.03. The predicted octanol–water partition coefficient (Wildman–Crippen LogP) is 3.62. The van der Waals surface area contributed by atoms with Gasteiger partial charge < -0.3 is 4.90 Å². The maximum Gasteiger partial charge on any atom is 0.164 e. The Morgan fingerprint density at radius 3 is 2.52 bits per heavy atom. The lowest BCUT2D eigenvalue weighted by molar-refractivity contribution is 0.601. The molecule has 2 atom stereocenters. The van der Waals surface area contributed by atoms with Crippen LogP contribution >= 0.6 is 23.4 Å². The molecule has 2 aromatic carbocycles. The van der Waals surface area contributed by atoms with Crippen molar-refractivity contribution in [2.45, 2.75) is 17.8 Å². The van der Waals surface area contributed by atoms with Crippen molar-refractivity contribution < 1.29 is 8.42 Å². The number of amidine groups is 1. The van der Waals surface area contributed by atoms with Gasteiger partial charge in [0.25, 0.3) is 0 Å². The number of aliphatic imine (C=N–C) groups is 1. The summed E-state index contributed by atoms with van der Waals surface area (Å²) in [6.07, 6.45) is 0. The molecule has 1 fully saturated rings. The van der Waals surface area contributed by atoms with Crippen molar-refractivity contribution in [2.75, 3.05) is 16.4 Å². The number of halogens is 1. The third-order valence-corrected chi connectivity index (χ3v) is 7.41. The fraction of sp³-hybridized carbons (Fsp3) is 0.278. The highest BCUT2D eigenvalue weighted by molar-refractivity contribution is 8.13. The van der Waals surface area contributed by atoms with Gasteiger partial charge in [0.05, 0.1) is 23.6 Å². The molecular weight excluding hydrogens is 376 g/mol. The summed E-state index contributed by atoms with van der Waals surface area (Å²) < 4.78 is 24.1. The minimum absolute atomic E-state index is 0.121. The summed E-state index contributed by atoms with van der Waals surface area (Å²) in [5.41, 5.74) is 2.16. The van der Waals surface area contributed by atoms with Gasteiger partial charge in [0.1, 0.15) is 0 Å². The van der Waals surface area contributed by atoms with Crippen LogP contribution in [0.1, 0.15) is 5.56 Å². The fourth-order valence-corrected chi connectivity index (χ4v) is 6.31. The van der Waals surface area contributed by atoms with Gasteiger partial charge in [-0.15, -0.1) is 0 Å². The zero-order chi connectivity index (χ0) is 17.4. The Morgan fingerprint density at radius 1 is 1.08 bits per heavy atom. The van der Waals surface area contributed by atoms with Crippen LogP contribution in [0.2, 0.25) is 5.02 Å².